The van der Waals surface area contributed by atoms with Gasteiger partial charge in [-0.05, 0) is 31.5 Å². The van der Waals surface area contributed by atoms with Crippen LogP contribution >= 0.6 is 11.6 Å². The topological polar surface area (TPSA) is 20.3 Å². The van der Waals surface area contributed by atoms with Crippen molar-refractivity contribution in [2.45, 2.75) is 19.2 Å². The van der Waals surface area contributed by atoms with Crippen LogP contribution in [-0.2, 0) is 4.79 Å². The summed E-state index contributed by atoms with van der Waals surface area (Å²) in [6.07, 6.45) is 0. The molecule has 1 rings (SSSR count). The minimum Gasteiger partial charge on any atom is -0.342 e. The first-order valence-electron chi connectivity index (χ1n) is 5.28. The summed E-state index contributed by atoms with van der Waals surface area (Å²) in [6, 6.07) is 5.68. The van der Waals surface area contributed by atoms with E-state index in [1.165, 1.54) is 24.3 Å². The summed E-state index contributed by atoms with van der Waals surface area (Å²) in [4.78, 5) is 13.5. The molecule has 0 saturated carbocycles. The Kier molecular flexibility index (Phi) is 4.74. The van der Waals surface area contributed by atoms with Crippen LogP contribution in [0.1, 0.15) is 24.8 Å². The number of carbonyl (C=O) groups is 1. The highest BCUT2D eigenvalue weighted by atomic mass is 35.5. The average Bonchev–Trinajstić information content (AvgIpc) is 2.30. The molecule has 2 nitrogen and oxygen atoms in total. The molecular weight excluding hydrogens is 229 g/mol. The summed E-state index contributed by atoms with van der Waals surface area (Å²) < 4.78 is 12.7. The van der Waals surface area contributed by atoms with Crippen molar-refractivity contribution in [3.63, 3.8) is 0 Å². The van der Waals surface area contributed by atoms with Gasteiger partial charge in [0.15, 0.2) is 0 Å². The van der Waals surface area contributed by atoms with E-state index in [4.69, 9.17) is 11.6 Å². The highest BCUT2D eigenvalue weighted by Crippen LogP contribution is 2.23. The van der Waals surface area contributed by atoms with Gasteiger partial charge in [0.05, 0.1) is 0 Å². The summed E-state index contributed by atoms with van der Waals surface area (Å²) in [7, 11) is 0. The van der Waals surface area contributed by atoms with E-state index in [9.17, 15) is 9.18 Å². The zero-order valence-corrected chi connectivity index (χ0v) is 10.2. The SMILES string of the molecule is CCN(CC)C(=O)C(Cl)c1ccc(F)cc1. The largest absolute Gasteiger partial charge is 0.342 e. The third kappa shape index (κ3) is 2.95. The van der Waals surface area contributed by atoms with Crippen molar-refractivity contribution < 1.29 is 9.18 Å². The lowest BCUT2D eigenvalue weighted by atomic mass is 10.1. The van der Waals surface area contributed by atoms with Gasteiger partial charge in [-0.3, -0.25) is 4.79 Å². The first-order chi connectivity index (χ1) is 7.60. The zero-order chi connectivity index (χ0) is 12.1. The number of rotatable bonds is 4. The van der Waals surface area contributed by atoms with E-state index in [1.807, 2.05) is 13.8 Å². The molecule has 0 spiro atoms. The second-order valence-electron chi connectivity index (χ2n) is 3.42. The van der Waals surface area contributed by atoms with Crippen LogP contribution in [0.3, 0.4) is 0 Å². The predicted molar refractivity (Wildman–Crippen MR) is 62.9 cm³/mol. The van der Waals surface area contributed by atoms with Gasteiger partial charge in [0, 0.05) is 13.1 Å². The van der Waals surface area contributed by atoms with Crippen LogP contribution < -0.4 is 0 Å². The normalized spacial score (nSPS) is 12.2. The fourth-order valence-electron chi connectivity index (χ4n) is 1.47. The molecule has 4 heteroatoms. The number of hydrogen-bond donors (Lipinski definition) is 0. The predicted octanol–water partition coefficient (Wildman–Crippen LogP) is 2.97. The molecular formula is C12H15ClFNO. The van der Waals surface area contributed by atoms with Gasteiger partial charge in [0.1, 0.15) is 11.2 Å². The van der Waals surface area contributed by atoms with Crippen LogP contribution in [0.15, 0.2) is 24.3 Å². The van der Waals surface area contributed by atoms with Crippen molar-refractivity contribution in [1.82, 2.24) is 4.90 Å². The summed E-state index contributed by atoms with van der Waals surface area (Å²) >= 11 is 6.05. The molecule has 0 bridgehead atoms. The van der Waals surface area contributed by atoms with Crippen LogP contribution in [0.4, 0.5) is 4.39 Å². The minimum atomic E-state index is -0.736. The molecule has 1 aromatic rings. The highest BCUT2D eigenvalue weighted by molar-refractivity contribution is 6.30. The molecule has 1 aromatic carbocycles. The fraction of sp³-hybridized carbons (Fsp3) is 0.417. The van der Waals surface area contributed by atoms with Crippen LogP contribution in [0.25, 0.3) is 0 Å². The van der Waals surface area contributed by atoms with Crippen LogP contribution in [-0.4, -0.2) is 23.9 Å². The van der Waals surface area contributed by atoms with E-state index in [0.29, 0.717) is 18.7 Å². The lowest BCUT2D eigenvalue weighted by Gasteiger charge is -2.21. The van der Waals surface area contributed by atoms with Crippen LogP contribution in [0, 0.1) is 5.82 Å². The summed E-state index contributed by atoms with van der Waals surface area (Å²) in [6.45, 7) is 5.05. The van der Waals surface area contributed by atoms with Crippen molar-refractivity contribution in [2.75, 3.05) is 13.1 Å². The molecule has 0 radical (unpaired) electrons. The van der Waals surface area contributed by atoms with Crippen LogP contribution in [0.2, 0.25) is 0 Å². The van der Waals surface area contributed by atoms with E-state index >= 15 is 0 Å². The first kappa shape index (κ1) is 13.0. The van der Waals surface area contributed by atoms with Gasteiger partial charge in [0.2, 0.25) is 5.91 Å². The molecule has 16 heavy (non-hydrogen) atoms. The minimum absolute atomic E-state index is 0.140. The Morgan fingerprint density at radius 2 is 1.81 bits per heavy atom. The Balaban J connectivity index is 2.81. The molecule has 1 amide bonds. The van der Waals surface area contributed by atoms with Crippen molar-refractivity contribution in [3.8, 4) is 0 Å². The Bertz CT molecular complexity index is 349. The van der Waals surface area contributed by atoms with E-state index in [1.54, 1.807) is 4.90 Å². The maximum atomic E-state index is 12.7. The number of likely N-dealkylation sites (N-methyl/N-ethyl adjacent to an activating group) is 1. The lowest BCUT2D eigenvalue weighted by Crippen LogP contribution is -2.33. The monoisotopic (exact) mass is 243 g/mol. The molecule has 0 aliphatic carbocycles. The Labute approximate surface area is 100 Å². The molecule has 0 fully saturated rings. The van der Waals surface area contributed by atoms with Gasteiger partial charge in [-0.15, -0.1) is 11.6 Å². The van der Waals surface area contributed by atoms with E-state index in [-0.39, 0.29) is 11.7 Å². The van der Waals surface area contributed by atoms with Crippen molar-refractivity contribution in [3.05, 3.63) is 35.6 Å². The number of amides is 1. The standard InChI is InChI=1S/C12H15ClFNO/c1-3-15(4-2)12(16)11(13)9-5-7-10(14)8-6-9/h5-8,11H,3-4H2,1-2H3. The zero-order valence-electron chi connectivity index (χ0n) is 9.41. The van der Waals surface area contributed by atoms with Gasteiger partial charge in [-0.2, -0.15) is 0 Å². The van der Waals surface area contributed by atoms with Gasteiger partial charge >= 0.3 is 0 Å². The number of alkyl halides is 1. The summed E-state index contributed by atoms with van der Waals surface area (Å²) in [5.74, 6) is -0.471. The molecule has 0 N–H and O–H groups in total. The lowest BCUT2D eigenvalue weighted by molar-refractivity contribution is -0.130. The Hall–Kier alpha value is -1.09. The summed E-state index contributed by atoms with van der Waals surface area (Å²) in [5.41, 5.74) is 0.625. The number of halogens is 2. The van der Waals surface area contributed by atoms with Gasteiger partial charge < -0.3 is 4.90 Å². The number of carbonyl (C=O) groups excluding carboxylic acids is 1. The van der Waals surface area contributed by atoms with Gasteiger partial charge in [0.25, 0.3) is 0 Å². The molecule has 0 heterocycles. The van der Waals surface area contributed by atoms with Crippen molar-refractivity contribution in [2.24, 2.45) is 0 Å². The maximum absolute atomic E-state index is 12.7. The molecule has 0 aromatic heterocycles. The Morgan fingerprint density at radius 1 is 1.31 bits per heavy atom. The Morgan fingerprint density at radius 3 is 2.25 bits per heavy atom. The average molecular weight is 244 g/mol. The quantitative estimate of drug-likeness (QED) is 0.745. The maximum Gasteiger partial charge on any atom is 0.245 e. The van der Waals surface area contributed by atoms with E-state index in [2.05, 4.69) is 0 Å². The van der Waals surface area contributed by atoms with Crippen LogP contribution in [0.5, 0.6) is 0 Å². The molecule has 1 atom stereocenters. The third-order valence-electron chi connectivity index (χ3n) is 2.45. The number of hydrogen-bond acceptors (Lipinski definition) is 1. The second kappa shape index (κ2) is 5.85. The molecule has 1 unspecified atom stereocenters. The fourth-order valence-corrected chi connectivity index (χ4v) is 1.75. The van der Waals surface area contributed by atoms with Crippen molar-refractivity contribution in [1.29, 1.82) is 0 Å². The number of nitrogens with zero attached hydrogens (tertiary/aromatic N) is 1. The summed E-state index contributed by atoms with van der Waals surface area (Å²) in [5, 5.41) is -0.736. The van der Waals surface area contributed by atoms with E-state index < -0.39 is 5.38 Å². The van der Waals surface area contributed by atoms with Crippen molar-refractivity contribution >= 4 is 17.5 Å². The molecule has 0 aliphatic rings. The molecule has 0 aliphatic heterocycles. The van der Waals surface area contributed by atoms with Gasteiger partial charge in [-0.25, -0.2) is 4.39 Å². The van der Waals surface area contributed by atoms with E-state index in [0.717, 1.165) is 0 Å². The second-order valence-corrected chi connectivity index (χ2v) is 3.86. The molecule has 0 saturated heterocycles. The van der Waals surface area contributed by atoms with Gasteiger partial charge in [-0.1, -0.05) is 12.1 Å². The molecule has 88 valence electrons. The third-order valence-corrected chi connectivity index (χ3v) is 2.89. The highest BCUT2D eigenvalue weighted by Gasteiger charge is 2.21. The first-order valence-corrected chi connectivity index (χ1v) is 5.72. The smallest absolute Gasteiger partial charge is 0.245 e. The number of benzene rings is 1.